The van der Waals surface area contributed by atoms with Crippen molar-refractivity contribution in [1.82, 2.24) is 14.8 Å². The van der Waals surface area contributed by atoms with Crippen LogP contribution in [0.1, 0.15) is 0 Å². The van der Waals surface area contributed by atoms with Gasteiger partial charge < -0.3 is 4.74 Å². The van der Waals surface area contributed by atoms with Crippen LogP contribution in [0.25, 0.3) is 22.4 Å². The monoisotopic (exact) mass is 367 g/mol. The Labute approximate surface area is 148 Å². The Bertz CT molecular complexity index is 860. The van der Waals surface area contributed by atoms with Crippen molar-refractivity contribution in [3.05, 3.63) is 51.7 Å². The molecule has 118 valence electrons. The third-order valence-electron chi connectivity index (χ3n) is 3.42. The van der Waals surface area contributed by atoms with E-state index in [2.05, 4.69) is 10.1 Å². The van der Waals surface area contributed by atoms with Gasteiger partial charge >= 0.3 is 0 Å². The van der Waals surface area contributed by atoms with Crippen molar-refractivity contribution < 1.29 is 4.74 Å². The lowest BCUT2D eigenvalue weighted by Gasteiger charge is -2.09. The minimum atomic E-state index is 0.363. The summed E-state index contributed by atoms with van der Waals surface area (Å²) in [5.41, 5.74) is 3.17. The Morgan fingerprint density at radius 3 is 2.48 bits per heavy atom. The maximum atomic E-state index is 6.34. The topological polar surface area (TPSA) is 39.9 Å². The number of nitrogens with zero attached hydrogens (tertiary/aromatic N) is 3. The average molecular weight is 369 g/mol. The number of halogens is 3. The van der Waals surface area contributed by atoms with E-state index in [4.69, 9.17) is 39.5 Å². The summed E-state index contributed by atoms with van der Waals surface area (Å²) in [6.45, 7) is 0. The summed E-state index contributed by atoms with van der Waals surface area (Å²) in [6.07, 6.45) is 1.71. The summed E-state index contributed by atoms with van der Waals surface area (Å²) >= 11 is 18.7. The first-order chi connectivity index (χ1) is 11.0. The fraction of sp³-hybridized carbons (Fsp3) is 0.125. The van der Waals surface area contributed by atoms with Gasteiger partial charge in [-0.2, -0.15) is 5.10 Å². The Morgan fingerprint density at radius 1 is 1.09 bits per heavy atom. The first-order valence-electron chi connectivity index (χ1n) is 6.69. The molecule has 0 unspecified atom stereocenters. The fourth-order valence-corrected chi connectivity index (χ4v) is 3.20. The molecule has 0 aliphatic carbocycles. The van der Waals surface area contributed by atoms with Crippen molar-refractivity contribution in [3.63, 3.8) is 0 Å². The van der Waals surface area contributed by atoms with Crippen LogP contribution in [0.2, 0.25) is 15.2 Å². The predicted molar refractivity (Wildman–Crippen MR) is 93.5 cm³/mol. The number of aromatic nitrogens is 3. The van der Waals surface area contributed by atoms with E-state index < -0.39 is 0 Å². The second kappa shape index (κ2) is 6.40. The van der Waals surface area contributed by atoms with Gasteiger partial charge in [-0.3, -0.25) is 4.68 Å². The molecule has 1 aromatic carbocycles. The van der Waals surface area contributed by atoms with E-state index in [1.807, 2.05) is 19.2 Å². The van der Waals surface area contributed by atoms with Gasteiger partial charge in [0.15, 0.2) is 5.15 Å². The van der Waals surface area contributed by atoms with Crippen LogP contribution in [0, 0.1) is 0 Å². The molecule has 0 N–H and O–H groups in total. The molecule has 0 radical (unpaired) electrons. The molecular weight excluding hydrogens is 357 g/mol. The molecule has 0 aliphatic rings. The molecule has 0 saturated carbocycles. The largest absolute Gasteiger partial charge is 0.481 e. The van der Waals surface area contributed by atoms with Crippen LogP contribution in [0.3, 0.4) is 0 Å². The summed E-state index contributed by atoms with van der Waals surface area (Å²) in [7, 11) is 3.39. The molecule has 4 nitrogen and oxygen atoms in total. The molecule has 0 aliphatic heterocycles. The minimum Gasteiger partial charge on any atom is -0.481 e. The lowest BCUT2D eigenvalue weighted by Crippen LogP contribution is -1.96. The number of rotatable bonds is 3. The number of benzene rings is 1. The SMILES string of the molecule is COc1ccc(-c2c(-c3ccc(Cl)cc3Cl)c(Cl)nn2C)cn1. The zero-order valence-electron chi connectivity index (χ0n) is 12.3. The molecule has 0 fully saturated rings. The number of ether oxygens (including phenoxy) is 1. The van der Waals surface area contributed by atoms with Gasteiger partial charge in [-0.15, -0.1) is 0 Å². The van der Waals surface area contributed by atoms with E-state index in [0.29, 0.717) is 21.1 Å². The normalized spacial score (nSPS) is 10.8. The van der Waals surface area contributed by atoms with Crippen LogP contribution < -0.4 is 4.74 Å². The molecule has 23 heavy (non-hydrogen) atoms. The highest BCUT2D eigenvalue weighted by Gasteiger charge is 2.20. The molecule has 0 spiro atoms. The molecule has 2 aromatic heterocycles. The highest BCUT2D eigenvalue weighted by molar-refractivity contribution is 6.38. The minimum absolute atomic E-state index is 0.363. The van der Waals surface area contributed by atoms with Gasteiger partial charge in [0.25, 0.3) is 0 Å². The number of methoxy groups -OCH3 is 1. The Hall–Kier alpha value is -1.75. The molecule has 0 atom stereocenters. The summed E-state index contributed by atoms with van der Waals surface area (Å²) in [5, 5.41) is 5.74. The van der Waals surface area contributed by atoms with E-state index >= 15 is 0 Å². The van der Waals surface area contributed by atoms with Gasteiger partial charge in [0.05, 0.1) is 17.8 Å². The zero-order valence-corrected chi connectivity index (χ0v) is 14.6. The number of aryl methyl sites for hydroxylation is 1. The lowest BCUT2D eigenvalue weighted by molar-refractivity contribution is 0.398. The number of pyridine rings is 1. The quantitative estimate of drug-likeness (QED) is 0.644. The van der Waals surface area contributed by atoms with Gasteiger partial charge in [-0.05, 0) is 18.2 Å². The third-order valence-corrected chi connectivity index (χ3v) is 4.24. The summed E-state index contributed by atoms with van der Waals surface area (Å²) in [5.74, 6) is 0.535. The zero-order chi connectivity index (χ0) is 16.6. The third kappa shape index (κ3) is 3.02. The maximum absolute atomic E-state index is 6.34. The van der Waals surface area contributed by atoms with Crippen LogP contribution >= 0.6 is 34.8 Å². The van der Waals surface area contributed by atoms with Gasteiger partial charge in [-0.25, -0.2) is 4.98 Å². The van der Waals surface area contributed by atoms with Crippen LogP contribution in [0.15, 0.2) is 36.5 Å². The Balaban J connectivity index is 2.21. The smallest absolute Gasteiger partial charge is 0.212 e. The van der Waals surface area contributed by atoms with E-state index in [1.165, 1.54) is 0 Å². The van der Waals surface area contributed by atoms with E-state index in [9.17, 15) is 0 Å². The van der Waals surface area contributed by atoms with Gasteiger partial charge in [0.2, 0.25) is 5.88 Å². The van der Waals surface area contributed by atoms with Crippen molar-refractivity contribution in [3.8, 4) is 28.3 Å². The van der Waals surface area contributed by atoms with Crippen LogP contribution in [0.5, 0.6) is 5.88 Å². The first kappa shape index (κ1) is 16.1. The summed E-state index contributed by atoms with van der Waals surface area (Å²) in [4.78, 5) is 4.23. The van der Waals surface area contributed by atoms with Gasteiger partial charge in [0, 0.05) is 41.0 Å². The van der Waals surface area contributed by atoms with Crippen LogP contribution in [-0.4, -0.2) is 21.9 Å². The lowest BCUT2D eigenvalue weighted by atomic mass is 10.0. The molecule has 3 aromatic rings. The average Bonchev–Trinajstić information content (AvgIpc) is 2.82. The molecule has 3 rings (SSSR count). The highest BCUT2D eigenvalue weighted by Crippen LogP contribution is 2.41. The number of hydrogen-bond acceptors (Lipinski definition) is 3. The Kier molecular flexibility index (Phi) is 4.48. The standard InChI is InChI=1S/C16H12Cl3N3O/c1-22-15(9-3-6-13(23-2)20-8-9)14(16(19)21-22)11-5-4-10(17)7-12(11)18/h3-8H,1-2H3. The molecule has 7 heteroatoms. The second-order valence-corrected chi connectivity index (χ2v) is 6.05. The summed E-state index contributed by atoms with van der Waals surface area (Å²) < 4.78 is 6.79. The maximum Gasteiger partial charge on any atom is 0.212 e. The van der Waals surface area contributed by atoms with Crippen molar-refractivity contribution in [2.24, 2.45) is 7.05 Å². The van der Waals surface area contributed by atoms with Crippen molar-refractivity contribution in [2.75, 3.05) is 7.11 Å². The van der Waals surface area contributed by atoms with Crippen LogP contribution in [-0.2, 0) is 7.05 Å². The van der Waals surface area contributed by atoms with Crippen molar-refractivity contribution >= 4 is 34.8 Å². The highest BCUT2D eigenvalue weighted by atomic mass is 35.5. The van der Waals surface area contributed by atoms with Crippen LogP contribution in [0.4, 0.5) is 0 Å². The molecule has 0 bridgehead atoms. The second-order valence-electron chi connectivity index (χ2n) is 4.85. The van der Waals surface area contributed by atoms with Gasteiger partial charge in [0.1, 0.15) is 0 Å². The molecule has 2 heterocycles. The number of hydrogen-bond donors (Lipinski definition) is 0. The molecule has 0 amide bonds. The predicted octanol–water partition coefficient (Wildman–Crippen LogP) is 5.12. The van der Waals surface area contributed by atoms with Crippen molar-refractivity contribution in [2.45, 2.75) is 0 Å². The molecular formula is C16H12Cl3N3O. The van der Waals surface area contributed by atoms with Crippen molar-refractivity contribution in [1.29, 1.82) is 0 Å². The first-order valence-corrected chi connectivity index (χ1v) is 7.83. The van der Waals surface area contributed by atoms with E-state index in [-0.39, 0.29) is 0 Å². The molecule has 0 saturated heterocycles. The van der Waals surface area contributed by atoms with Gasteiger partial charge in [-0.1, -0.05) is 40.9 Å². The van der Waals surface area contributed by atoms with E-state index in [1.54, 1.807) is 36.2 Å². The summed E-state index contributed by atoms with van der Waals surface area (Å²) in [6, 6.07) is 8.95. The van der Waals surface area contributed by atoms with E-state index in [0.717, 1.165) is 22.4 Å². The Morgan fingerprint density at radius 2 is 1.87 bits per heavy atom. The fourth-order valence-electron chi connectivity index (χ4n) is 2.39.